The van der Waals surface area contributed by atoms with Crippen LogP contribution in [-0.4, -0.2) is 21.2 Å². The summed E-state index contributed by atoms with van der Waals surface area (Å²) in [5.41, 5.74) is -2.29. The van der Waals surface area contributed by atoms with Gasteiger partial charge in [-0.1, -0.05) is 0 Å². The molecule has 0 saturated heterocycles. The van der Waals surface area contributed by atoms with Crippen LogP contribution in [0.5, 0.6) is 0 Å². The summed E-state index contributed by atoms with van der Waals surface area (Å²) in [5.74, 6) is -1.67. The molecule has 0 fully saturated rings. The zero-order chi connectivity index (χ0) is 12.1. The number of alkyl halides is 3. The number of carbonyl (C=O) groups is 1. The van der Waals surface area contributed by atoms with Gasteiger partial charge >= 0.3 is 12.1 Å². The van der Waals surface area contributed by atoms with E-state index in [9.17, 15) is 23.1 Å². The number of hydrogen-bond donors (Lipinski definition) is 3. The second-order valence-corrected chi connectivity index (χ2v) is 3.62. The molecule has 0 aliphatic heterocycles. The van der Waals surface area contributed by atoms with Gasteiger partial charge in [-0.05, 0) is 12.8 Å². The van der Waals surface area contributed by atoms with E-state index in [1.165, 1.54) is 0 Å². The minimum atomic E-state index is -4.77. The lowest BCUT2D eigenvalue weighted by molar-refractivity contribution is -0.139. The lowest BCUT2D eigenvalue weighted by Crippen LogP contribution is -2.14. The molecule has 0 spiro atoms. The molecule has 1 aromatic rings. The maximum atomic E-state index is 12.7. The van der Waals surface area contributed by atoms with Gasteiger partial charge in [-0.2, -0.15) is 13.2 Å². The van der Waals surface area contributed by atoms with Gasteiger partial charge in [0, 0.05) is 11.3 Å². The second-order valence-electron chi connectivity index (χ2n) is 3.62. The molecule has 0 bridgehead atoms. The van der Waals surface area contributed by atoms with Crippen molar-refractivity contribution in [3.63, 3.8) is 0 Å². The molecule has 3 N–H and O–H groups in total. The number of hydrogen-bond acceptors (Lipinski definition) is 2. The van der Waals surface area contributed by atoms with E-state index in [4.69, 9.17) is 5.11 Å². The molecule has 4 nitrogen and oxygen atoms in total. The Morgan fingerprint density at radius 2 is 2.06 bits per heavy atom. The Bertz CT molecular complexity index is 450. The van der Waals surface area contributed by atoms with Crippen molar-refractivity contribution in [1.29, 1.82) is 0 Å². The first-order chi connectivity index (χ1) is 7.32. The number of aliphatic hydroxyl groups excluding tert-OH is 1. The Hall–Kier alpha value is -1.50. The third-order valence-corrected chi connectivity index (χ3v) is 2.62. The van der Waals surface area contributed by atoms with Crippen LogP contribution in [0.15, 0.2) is 0 Å². The number of aromatic carboxylic acids is 1. The molecule has 1 aliphatic carbocycles. The summed E-state index contributed by atoms with van der Waals surface area (Å²) >= 11 is 0. The summed E-state index contributed by atoms with van der Waals surface area (Å²) in [7, 11) is 0. The topological polar surface area (TPSA) is 73.3 Å². The fraction of sp³-hybridized carbons (Fsp3) is 0.444. The smallest absolute Gasteiger partial charge is 0.419 e. The number of rotatable bonds is 1. The van der Waals surface area contributed by atoms with Crippen LogP contribution in [0.3, 0.4) is 0 Å². The number of H-pyrrole nitrogens is 1. The molecule has 0 unspecified atom stereocenters. The van der Waals surface area contributed by atoms with Crippen LogP contribution in [0, 0.1) is 0 Å². The van der Waals surface area contributed by atoms with Crippen molar-refractivity contribution in [3.05, 3.63) is 22.5 Å². The van der Waals surface area contributed by atoms with Crippen molar-refractivity contribution in [1.82, 2.24) is 4.98 Å². The Balaban J connectivity index is 2.67. The molecule has 1 aromatic heterocycles. The minimum Gasteiger partial charge on any atom is -0.477 e. The largest absolute Gasteiger partial charge is 0.477 e. The van der Waals surface area contributed by atoms with Gasteiger partial charge in [0.2, 0.25) is 0 Å². The van der Waals surface area contributed by atoms with Gasteiger partial charge in [-0.3, -0.25) is 0 Å². The van der Waals surface area contributed by atoms with E-state index >= 15 is 0 Å². The monoisotopic (exact) mass is 235 g/mol. The van der Waals surface area contributed by atoms with Crippen LogP contribution in [0.1, 0.15) is 39.8 Å². The zero-order valence-electron chi connectivity index (χ0n) is 7.93. The quantitative estimate of drug-likeness (QED) is 0.693. The van der Waals surface area contributed by atoms with Gasteiger partial charge in [0.1, 0.15) is 5.69 Å². The van der Waals surface area contributed by atoms with Crippen LogP contribution in [0.4, 0.5) is 13.2 Å². The summed E-state index contributed by atoms with van der Waals surface area (Å²) in [6.07, 6.45) is -5.60. The highest BCUT2D eigenvalue weighted by Crippen LogP contribution is 2.43. The SMILES string of the molecule is O=C(O)c1[nH]c2c(c1C(F)(F)F)[C@@H](O)CC2. The molecule has 0 amide bonds. The Morgan fingerprint density at radius 1 is 1.44 bits per heavy atom. The van der Waals surface area contributed by atoms with Gasteiger partial charge in [0.25, 0.3) is 0 Å². The maximum absolute atomic E-state index is 12.7. The van der Waals surface area contributed by atoms with E-state index in [-0.39, 0.29) is 24.1 Å². The van der Waals surface area contributed by atoms with Gasteiger partial charge in [-0.25, -0.2) is 4.79 Å². The highest BCUT2D eigenvalue weighted by atomic mass is 19.4. The van der Waals surface area contributed by atoms with Crippen LogP contribution >= 0.6 is 0 Å². The fourth-order valence-corrected chi connectivity index (χ4v) is 2.01. The first kappa shape index (κ1) is 11.0. The third-order valence-electron chi connectivity index (χ3n) is 2.62. The van der Waals surface area contributed by atoms with Crippen molar-refractivity contribution in [2.24, 2.45) is 0 Å². The molecule has 1 heterocycles. The van der Waals surface area contributed by atoms with E-state index < -0.39 is 29.5 Å². The summed E-state index contributed by atoms with van der Waals surface area (Å²) in [4.78, 5) is 12.9. The van der Waals surface area contributed by atoms with E-state index in [0.29, 0.717) is 0 Å². The lowest BCUT2D eigenvalue weighted by Gasteiger charge is -2.10. The van der Waals surface area contributed by atoms with Crippen molar-refractivity contribution in [3.8, 4) is 0 Å². The second kappa shape index (κ2) is 3.24. The van der Waals surface area contributed by atoms with Crippen molar-refractivity contribution in [2.45, 2.75) is 25.1 Å². The van der Waals surface area contributed by atoms with E-state index in [0.717, 1.165) is 0 Å². The van der Waals surface area contributed by atoms with E-state index in [1.807, 2.05) is 0 Å². The van der Waals surface area contributed by atoms with E-state index in [1.54, 1.807) is 0 Å². The lowest BCUT2D eigenvalue weighted by atomic mass is 10.1. The van der Waals surface area contributed by atoms with Gasteiger partial charge in [0.05, 0.1) is 11.7 Å². The van der Waals surface area contributed by atoms with Crippen molar-refractivity contribution in [2.75, 3.05) is 0 Å². The third kappa shape index (κ3) is 1.47. The number of aryl methyl sites for hydroxylation is 1. The Kier molecular flexibility index (Phi) is 2.23. The Morgan fingerprint density at radius 3 is 2.56 bits per heavy atom. The maximum Gasteiger partial charge on any atom is 0.419 e. The predicted octanol–water partition coefficient (Wildman–Crippen LogP) is 1.71. The molecule has 88 valence electrons. The standard InChI is InChI=1S/C9H8F3NO3/c10-9(11,12)6-5-3(1-2-4(5)14)13-7(6)8(15)16/h4,13-14H,1-2H2,(H,15,16)/t4-/m0/s1. The average Bonchev–Trinajstić information content (AvgIpc) is 2.64. The van der Waals surface area contributed by atoms with Crippen LogP contribution < -0.4 is 0 Å². The highest BCUT2D eigenvalue weighted by Gasteiger charge is 2.44. The number of aliphatic hydroxyl groups is 1. The Labute approximate surface area is 87.7 Å². The van der Waals surface area contributed by atoms with Crippen LogP contribution in [-0.2, 0) is 12.6 Å². The number of halogens is 3. The highest BCUT2D eigenvalue weighted by molar-refractivity contribution is 5.88. The molecule has 0 radical (unpaired) electrons. The molecule has 7 heteroatoms. The molecule has 0 aromatic carbocycles. The summed E-state index contributed by atoms with van der Waals surface area (Å²) in [6.45, 7) is 0. The summed E-state index contributed by atoms with van der Waals surface area (Å²) in [5, 5.41) is 18.1. The number of carboxylic acids is 1. The number of fused-ring (bicyclic) bond motifs is 1. The number of aromatic amines is 1. The number of aromatic nitrogens is 1. The number of carboxylic acid groups (broad SMARTS) is 1. The molecule has 0 saturated carbocycles. The van der Waals surface area contributed by atoms with Crippen molar-refractivity contribution >= 4 is 5.97 Å². The van der Waals surface area contributed by atoms with Gasteiger partial charge in [0.15, 0.2) is 0 Å². The minimum absolute atomic E-state index is 0.164. The van der Waals surface area contributed by atoms with Crippen molar-refractivity contribution < 1.29 is 28.2 Å². The molecule has 1 aliphatic rings. The average molecular weight is 235 g/mol. The molecule has 16 heavy (non-hydrogen) atoms. The number of nitrogens with one attached hydrogen (secondary N) is 1. The normalized spacial score (nSPS) is 19.9. The summed E-state index contributed by atoms with van der Waals surface area (Å²) in [6, 6.07) is 0. The fourth-order valence-electron chi connectivity index (χ4n) is 2.01. The molecule has 1 atom stereocenters. The summed E-state index contributed by atoms with van der Waals surface area (Å²) < 4.78 is 38.0. The first-order valence-corrected chi connectivity index (χ1v) is 4.55. The zero-order valence-corrected chi connectivity index (χ0v) is 7.93. The van der Waals surface area contributed by atoms with Gasteiger partial charge in [-0.15, -0.1) is 0 Å². The van der Waals surface area contributed by atoms with Gasteiger partial charge < -0.3 is 15.2 Å². The van der Waals surface area contributed by atoms with Crippen LogP contribution in [0.25, 0.3) is 0 Å². The molecular formula is C9H8F3NO3. The molecular weight excluding hydrogens is 227 g/mol. The predicted molar refractivity (Wildman–Crippen MR) is 46.0 cm³/mol. The molecule has 2 rings (SSSR count). The van der Waals surface area contributed by atoms with E-state index in [2.05, 4.69) is 4.98 Å². The first-order valence-electron chi connectivity index (χ1n) is 4.55. The van der Waals surface area contributed by atoms with Crippen LogP contribution in [0.2, 0.25) is 0 Å².